The Labute approximate surface area is 98.2 Å². The Morgan fingerprint density at radius 1 is 1.21 bits per heavy atom. The van der Waals surface area contributed by atoms with Crippen molar-refractivity contribution in [2.24, 2.45) is 0 Å². The molecule has 2 heterocycles. The fourth-order valence-electron chi connectivity index (χ4n) is 0.935. The molecule has 0 aliphatic rings. The van der Waals surface area contributed by atoms with E-state index in [1.807, 2.05) is 23.6 Å². The Morgan fingerprint density at radius 2 is 2.00 bits per heavy atom. The molecule has 0 aliphatic carbocycles. The highest BCUT2D eigenvalue weighted by atomic mass is 35.5. The van der Waals surface area contributed by atoms with E-state index in [2.05, 4.69) is 9.97 Å². The minimum absolute atomic E-state index is 0. The summed E-state index contributed by atoms with van der Waals surface area (Å²) in [6.45, 7) is 0. The van der Waals surface area contributed by atoms with E-state index in [9.17, 15) is 0 Å². The predicted molar refractivity (Wildman–Crippen MR) is 64.3 cm³/mol. The fraction of sp³-hybridized carbons (Fsp3) is 0. The summed E-state index contributed by atoms with van der Waals surface area (Å²) < 4.78 is 0. The smallest absolute Gasteiger partial charge is 0.220 e. The third-order valence-corrected chi connectivity index (χ3v) is 2.34. The van der Waals surface area contributed by atoms with Crippen molar-refractivity contribution in [1.82, 2.24) is 9.97 Å². The average molecular weight is 250 g/mol. The largest absolute Gasteiger partial charge is 0.368 e. The van der Waals surface area contributed by atoms with Crippen LogP contribution in [0.4, 0.5) is 5.95 Å². The summed E-state index contributed by atoms with van der Waals surface area (Å²) >= 11 is 1.64. The molecule has 0 amide bonds. The lowest BCUT2D eigenvalue weighted by atomic mass is 10.3. The second-order valence-corrected chi connectivity index (χ2v) is 3.23. The first-order valence-corrected chi connectivity index (χ1v) is 4.36. The molecule has 0 spiro atoms. The molecule has 2 aromatic rings. The van der Waals surface area contributed by atoms with Crippen molar-refractivity contribution in [3.05, 3.63) is 29.8 Å². The Hall–Kier alpha value is -0.840. The molecule has 0 fully saturated rings. The van der Waals surface area contributed by atoms with Gasteiger partial charge in [-0.05, 0) is 17.5 Å². The van der Waals surface area contributed by atoms with Crippen molar-refractivity contribution in [3.8, 4) is 10.6 Å². The minimum atomic E-state index is 0. The number of hydrogen-bond acceptors (Lipinski definition) is 4. The lowest BCUT2D eigenvalue weighted by Gasteiger charge is -1.95. The average Bonchev–Trinajstić information content (AvgIpc) is 2.56. The molecular formula is C8H9Cl2N3S. The van der Waals surface area contributed by atoms with E-state index in [0.717, 1.165) is 10.6 Å². The third-order valence-electron chi connectivity index (χ3n) is 1.45. The summed E-state index contributed by atoms with van der Waals surface area (Å²) in [6, 6.07) is 5.84. The molecular weight excluding hydrogens is 241 g/mol. The summed E-state index contributed by atoms with van der Waals surface area (Å²) in [6.07, 6.45) is 1.66. The molecule has 2 rings (SSSR count). The Balaban J connectivity index is 0.000000845. The van der Waals surface area contributed by atoms with Crippen LogP contribution in [0, 0.1) is 0 Å². The number of rotatable bonds is 1. The third kappa shape index (κ3) is 2.83. The summed E-state index contributed by atoms with van der Waals surface area (Å²) in [5.41, 5.74) is 6.33. The highest BCUT2D eigenvalue weighted by molar-refractivity contribution is 7.13. The molecule has 0 radical (unpaired) electrons. The quantitative estimate of drug-likeness (QED) is 0.846. The first-order chi connectivity index (χ1) is 5.86. The number of aromatic nitrogens is 2. The molecule has 0 atom stereocenters. The molecule has 0 aliphatic heterocycles. The highest BCUT2D eigenvalue weighted by Gasteiger charge is 1.99. The van der Waals surface area contributed by atoms with Crippen molar-refractivity contribution in [3.63, 3.8) is 0 Å². The number of nitrogens with zero attached hydrogens (tertiary/aromatic N) is 2. The normalized spacial score (nSPS) is 8.57. The Bertz CT molecular complexity index is 378. The molecule has 0 unspecified atom stereocenters. The molecule has 6 heteroatoms. The van der Waals surface area contributed by atoms with Crippen molar-refractivity contribution in [1.29, 1.82) is 0 Å². The minimum Gasteiger partial charge on any atom is -0.368 e. The maximum Gasteiger partial charge on any atom is 0.220 e. The van der Waals surface area contributed by atoms with Crippen LogP contribution in [0.5, 0.6) is 0 Å². The van der Waals surface area contributed by atoms with Gasteiger partial charge in [0.1, 0.15) is 0 Å². The van der Waals surface area contributed by atoms with Gasteiger partial charge in [-0.2, -0.15) is 0 Å². The van der Waals surface area contributed by atoms with Crippen LogP contribution in [0.25, 0.3) is 10.6 Å². The number of anilines is 1. The molecule has 0 bridgehead atoms. The van der Waals surface area contributed by atoms with Crippen LogP contribution in [0.1, 0.15) is 0 Å². The molecule has 14 heavy (non-hydrogen) atoms. The lowest BCUT2D eigenvalue weighted by molar-refractivity contribution is 1.19. The molecule has 0 aromatic carbocycles. The standard InChI is InChI=1S/C8H7N3S.2ClH/c9-8-10-4-3-6(11-8)7-2-1-5-12-7;;/h1-5H,(H2,9,10,11);2*1H. The van der Waals surface area contributed by atoms with Gasteiger partial charge in [0.05, 0.1) is 10.6 Å². The number of hydrogen-bond donors (Lipinski definition) is 1. The molecule has 3 nitrogen and oxygen atoms in total. The van der Waals surface area contributed by atoms with Gasteiger partial charge in [0.2, 0.25) is 5.95 Å². The van der Waals surface area contributed by atoms with Crippen molar-refractivity contribution in [2.75, 3.05) is 5.73 Å². The molecule has 0 saturated carbocycles. The predicted octanol–water partition coefficient (Wildman–Crippen LogP) is 2.63. The van der Waals surface area contributed by atoms with Gasteiger partial charge in [-0.1, -0.05) is 6.07 Å². The summed E-state index contributed by atoms with van der Waals surface area (Å²) in [5, 5.41) is 2.01. The van der Waals surface area contributed by atoms with E-state index >= 15 is 0 Å². The van der Waals surface area contributed by atoms with Gasteiger partial charge < -0.3 is 5.73 Å². The van der Waals surface area contributed by atoms with E-state index < -0.39 is 0 Å². The second kappa shape index (κ2) is 5.80. The number of nitrogens with two attached hydrogens (primary N) is 1. The van der Waals surface area contributed by atoms with Crippen molar-refractivity contribution in [2.45, 2.75) is 0 Å². The van der Waals surface area contributed by atoms with E-state index in [-0.39, 0.29) is 24.8 Å². The van der Waals surface area contributed by atoms with Gasteiger partial charge in [-0.3, -0.25) is 0 Å². The topological polar surface area (TPSA) is 51.8 Å². The number of nitrogen functional groups attached to an aromatic ring is 1. The zero-order chi connectivity index (χ0) is 8.39. The molecule has 2 N–H and O–H groups in total. The van der Waals surface area contributed by atoms with Crippen LogP contribution in [-0.4, -0.2) is 9.97 Å². The summed E-state index contributed by atoms with van der Waals surface area (Å²) in [7, 11) is 0. The summed E-state index contributed by atoms with van der Waals surface area (Å²) in [4.78, 5) is 9.03. The maximum absolute atomic E-state index is 5.45. The zero-order valence-corrected chi connectivity index (χ0v) is 9.53. The number of thiophene rings is 1. The Kier molecular flexibility index (Phi) is 5.45. The van der Waals surface area contributed by atoms with Crippen LogP contribution < -0.4 is 5.73 Å². The van der Waals surface area contributed by atoms with Crippen LogP contribution in [-0.2, 0) is 0 Å². The fourth-order valence-corrected chi connectivity index (χ4v) is 1.63. The van der Waals surface area contributed by atoms with Gasteiger partial charge in [0.15, 0.2) is 0 Å². The Morgan fingerprint density at radius 3 is 2.57 bits per heavy atom. The van der Waals surface area contributed by atoms with E-state index in [0.29, 0.717) is 5.95 Å². The van der Waals surface area contributed by atoms with Crippen LogP contribution in [0.3, 0.4) is 0 Å². The van der Waals surface area contributed by atoms with E-state index in [4.69, 9.17) is 5.73 Å². The lowest BCUT2D eigenvalue weighted by Crippen LogP contribution is -1.93. The maximum atomic E-state index is 5.45. The molecule has 76 valence electrons. The van der Waals surface area contributed by atoms with Crippen LogP contribution >= 0.6 is 36.2 Å². The molecule has 2 aromatic heterocycles. The monoisotopic (exact) mass is 249 g/mol. The van der Waals surface area contributed by atoms with Crippen LogP contribution in [0.15, 0.2) is 29.8 Å². The second-order valence-electron chi connectivity index (χ2n) is 2.28. The number of halogens is 2. The van der Waals surface area contributed by atoms with E-state index in [1.165, 1.54) is 0 Å². The van der Waals surface area contributed by atoms with Gasteiger partial charge in [-0.15, -0.1) is 36.2 Å². The van der Waals surface area contributed by atoms with Gasteiger partial charge in [0.25, 0.3) is 0 Å². The van der Waals surface area contributed by atoms with Crippen LogP contribution in [0.2, 0.25) is 0 Å². The highest BCUT2D eigenvalue weighted by Crippen LogP contribution is 2.21. The molecule has 0 saturated heterocycles. The van der Waals surface area contributed by atoms with E-state index in [1.54, 1.807) is 17.5 Å². The SMILES string of the molecule is Cl.Cl.Nc1nccc(-c2cccs2)n1. The van der Waals surface area contributed by atoms with Crippen molar-refractivity contribution < 1.29 is 0 Å². The van der Waals surface area contributed by atoms with Gasteiger partial charge in [-0.25, -0.2) is 9.97 Å². The van der Waals surface area contributed by atoms with Crippen molar-refractivity contribution >= 4 is 42.1 Å². The first kappa shape index (κ1) is 13.2. The first-order valence-electron chi connectivity index (χ1n) is 3.48. The van der Waals surface area contributed by atoms with Gasteiger partial charge in [0, 0.05) is 6.20 Å². The van der Waals surface area contributed by atoms with Gasteiger partial charge >= 0.3 is 0 Å². The summed E-state index contributed by atoms with van der Waals surface area (Å²) in [5.74, 6) is 0.320. The zero-order valence-electron chi connectivity index (χ0n) is 7.08.